The number of hydrogen-bond donors (Lipinski definition) is 1. The lowest BCUT2D eigenvalue weighted by Gasteiger charge is -2.33. The molecule has 1 N–H and O–H groups in total. The highest BCUT2D eigenvalue weighted by atomic mass is 16.5. The van der Waals surface area contributed by atoms with E-state index in [1.807, 2.05) is 0 Å². The van der Waals surface area contributed by atoms with Crippen molar-refractivity contribution >= 4 is 11.8 Å². The van der Waals surface area contributed by atoms with Crippen LogP contribution in [0.15, 0.2) is 12.1 Å². The van der Waals surface area contributed by atoms with E-state index >= 15 is 0 Å². The zero-order chi connectivity index (χ0) is 16.1. The number of nitrogens with one attached hydrogen (secondary N) is 1. The highest BCUT2D eigenvalue weighted by Gasteiger charge is 2.24. The Morgan fingerprint density at radius 2 is 2.17 bits per heavy atom. The van der Waals surface area contributed by atoms with Crippen LogP contribution in [0.25, 0.3) is 0 Å². The predicted molar refractivity (Wildman–Crippen MR) is 85.4 cm³/mol. The minimum atomic E-state index is -0.465. The standard InChI is InChI=1S/C16H24N4O3/c1-22-16(21)14-2-3-15(19-18-14)17-13-4-7-20(8-5-13)10-12-6-9-23-11-12/h2-3,12-13H,4-11H2,1H3,(H,17,19). The quantitative estimate of drug-likeness (QED) is 0.816. The molecule has 7 heteroatoms. The minimum absolute atomic E-state index is 0.228. The van der Waals surface area contributed by atoms with Crippen molar-refractivity contribution in [1.29, 1.82) is 0 Å². The fraction of sp³-hybridized carbons (Fsp3) is 0.688. The molecule has 126 valence electrons. The molecular weight excluding hydrogens is 296 g/mol. The van der Waals surface area contributed by atoms with Crippen LogP contribution in [0.4, 0.5) is 5.82 Å². The Hall–Kier alpha value is -1.73. The normalized spacial score (nSPS) is 22.9. The summed E-state index contributed by atoms with van der Waals surface area (Å²) in [6.45, 7) is 5.19. The van der Waals surface area contributed by atoms with Gasteiger partial charge < -0.3 is 19.7 Å². The fourth-order valence-corrected chi connectivity index (χ4v) is 3.18. The molecule has 1 atom stereocenters. The lowest BCUT2D eigenvalue weighted by atomic mass is 10.0. The number of carbonyl (C=O) groups excluding carboxylic acids is 1. The molecule has 7 nitrogen and oxygen atoms in total. The highest BCUT2D eigenvalue weighted by Crippen LogP contribution is 2.19. The lowest BCUT2D eigenvalue weighted by Crippen LogP contribution is -2.41. The molecule has 0 saturated carbocycles. The van der Waals surface area contributed by atoms with Gasteiger partial charge in [0, 0.05) is 32.3 Å². The summed E-state index contributed by atoms with van der Waals surface area (Å²) < 4.78 is 10.1. The predicted octanol–water partition coefficient (Wildman–Crippen LogP) is 1.18. The van der Waals surface area contributed by atoms with Crippen molar-refractivity contribution < 1.29 is 14.3 Å². The fourth-order valence-electron chi connectivity index (χ4n) is 3.18. The van der Waals surface area contributed by atoms with Crippen molar-refractivity contribution in [1.82, 2.24) is 15.1 Å². The number of ether oxygens (including phenoxy) is 2. The molecule has 1 unspecified atom stereocenters. The third-order valence-electron chi connectivity index (χ3n) is 4.54. The van der Waals surface area contributed by atoms with Crippen molar-refractivity contribution in [2.75, 3.05) is 45.3 Å². The van der Waals surface area contributed by atoms with Crippen molar-refractivity contribution in [3.05, 3.63) is 17.8 Å². The van der Waals surface area contributed by atoms with Crippen molar-refractivity contribution in [3.63, 3.8) is 0 Å². The van der Waals surface area contributed by atoms with Gasteiger partial charge in [-0.2, -0.15) is 0 Å². The molecule has 1 aromatic rings. The number of carbonyl (C=O) groups is 1. The summed E-state index contributed by atoms with van der Waals surface area (Å²) in [6, 6.07) is 3.82. The van der Waals surface area contributed by atoms with Crippen LogP contribution < -0.4 is 5.32 Å². The number of methoxy groups -OCH3 is 1. The van der Waals surface area contributed by atoms with Crippen LogP contribution >= 0.6 is 0 Å². The Morgan fingerprint density at radius 3 is 2.78 bits per heavy atom. The Balaban J connectivity index is 1.44. The lowest BCUT2D eigenvalue weighted by molar-refractivity contribution is 0.0593. The van der Waals surface area contributed by atoms with Crippen LogP contribution in [0.3, 0.4) is 0 Å². The van der Waals surface area contributed by atoms with Gasteiger partial charge in [0.05, 0.1) is 13.7 Å². The van der Waals surface area contributed by atoms with Gasteiger partial charge >= 0.3 is 5.97 Å². The molecule has 3 heterocycles. The maximum atomic E-state index is 11.3. The molecule has 3 rings (SSSR count). The summed E-state index contributed by atoms with van der Waals surface area (Å²) in [5.74, 6) is 0.949. The molecule has 2 aliphatic rings. The van der Waals surface area contributed by atoms with Gasteiger partial charge in [-0.05, 0) is 37.3 Å². The smallest absolute Gasteiger partial charge is 0.358 e. The second kappa shape index (κ2) is 7.70. The van der Waals surface area contributed by atoms with Crippen LogP contribution in [0.5, 0.6) is 0 Å². The van der Waals surface area contributed by atoms with E-state index in [1.165, 1.54) is 13.5 Å². The van der Waals surface area contributed by atoms with Gasteiger partial charge in [-0.1, -0.05) is 0 Å². The van der Waals surface area contributed by atoms with Gasteiger partial charge in [-0.15, -0.1) is 10.2 Å². The Bertz CT molecular complexity index is 509. The molecule has 23 heavy (non-hydrogen) atoms. The molecule has 0 aliphatic carbocycles. The first-order valence-electron chi connectivity index (χ1n) is 8.23. The number of nitrogens with zero attached hydrogens (tertiary/aromatic N) is 3. The monoisotopic (exact) mass is 320 g/mol. The van der Waals surface area contributed by atoms with Crippen molar-refractivity contribution in [2.45, 2.75) is 25.3 Å². The summed E-state index contributed by atoms with van der Waals surface area (Å²) in [7, 11) is 1.33. The maximum Gasteiger partial charge on any atom is 0.358 e. The summed E-state index contributed by atoms with van der Waals surface area (Å²) in [5.41, 5.74) is 0.228. The molecule has 2 aliphatic heterocycles. The van der Waals surface area contributed by atoms with E-state index in [1.54, 1.807) is 12.1 Å². The van der Waals surface area contributed by atoms with E-state index in [-0.39, 0.29) is 5.69 Å². The van der Waals surface area contributed by atoms with Gasteiger partial charge in [0.1, 0.15) is 5.82 Å². The number of rotatable bonds is 5. The summed E-state index contributed by atoms with van der Waals surface area (Å²) in [6.07, 6.45) is 3.38. The van der Waals surface area contributed by atoms with E-state index in [2.05, 4.69) is 25.2 Å². The first-order valence-corrected chi connectivity index (χ1v) is 8.23. The summed E-state index contributed by atoms with van der Waals surface area (Å²) in [5, 5.41) is 11.3. The van der Waals surface area contributed by atoms with Crippen LogP contribution in [0, 0.1) is 5.92 Å². The third kappa shape index (κ3) is 4.39. The second-order valence-corrected chi connectivity index (χ2v) is 6.24. The minimum Gasteiger partial charge on any atom is -0.464 e. The number of anilines is 1. The van der Waals surface area contributed by atoms with Crippen LogP contribution in [-0.4, -0.2) is 67.1 Å². The van der Waals surface area contributed by atoms with E-state index in [9.17, 15) is 4.79 Å². The van der Waals surface area contributed by atoms with Gasteiger partial charge in [0.15, 0.2) is 5.69 Å². The zero-order valence-corrected chi connectivity index (χ0v) is 13.5. The third-order valence-corrected chi connectivity index (χ3v) is 4.54. The molecule has 0 aromatic carbocycles. The van der Waals surface area contributed by atoms with Crippen molar-refractivity contribution in [3.8, 4) is 0 Å². The number of aromatic nitrogens is 2. The van der Waals surface area contributed by atoms with Crippen LogP contribution in [0.1, 0.15) is 29.8 Å². The average molecular weight is 320 g/mol. The van der Waals surface area contributed by atoms with Crippen molar-refractivity contribution in [2.24, 2.45) is 5.92 Å². The average Bonchev–Trinajstić information content (AvgIpc) is 3.10. The Morgan fingerprint density at radius 1 is 1.35 bits per heavy atom. The first kappa shape index (κ1) is 16.1. The van der Waals surface area contributed by atoms with Crippen LogP contribution in [0.2, 0.25) is 0 Å². The van der Waals surface area contributed by atoms with E-state index in [0.717, 1.165) is 45.7 Å². The molecular formula is C16H24N4O3. The zero-order valence-electron chi connectivity index (χ0n) is 13.5. The maximum absolute atomic E-state index is 11.3. The van der Waals surface area contributed by atoms with Gasteiger partial charge in [0.2, 0.25) is 0 Å². The van der Waals surface area contributed by atoms with E-state index in [0.29, 0.717) is 17.8 Å². The summed E-state index contributed by atoms with van der Waals surface area (Å²) in [4.78, 5) is 13.9. The molecule has 1 aromatic heterocycles. The van der Waals surface area contributed by atoms with Gasteiger partial charge in [-0.25, -0.2) is 4.79 Å². The van der Waals surface area contributed by atoms with Crippen LogP contribution in [-0.2, 0) is 9.47 Å². The van der Waals surface area contributed by atoms with E-state index < -0.39 is 5.97 Å². The number of likely N-dealkylation sites (tertiary alicyclic amines) is 1. The molecule has 0 amide bonds. The number of esters is 1. The number of piperidine rings is 1. The SMILES string of the molecule is COC(=O)c1ccc(NC2CCN(CC3CCOC3)CC2)nn1. The molecule has 0 spiro atoms. The molecule has 2 saturated heterocycles. The number of hydrogen-bond acceptors (Lipinski definition) is 7. The summed E-state index contributed by atoms with van der Waals surface area (Å²) >= 11 is 0. The molecule has 0 bridgehead atoms. The second-order valence-electron chi connectivity index (χ2n) is 6.24. The Kier molecular flexibility index (Phi) is 5.40. The largest absolute Gasteiger partial charge is 0.464 e. The first-order chi connectivity index (χ1) is 11.2. The van der Waals surface area contributed by atoms with Gasteiger partial charge in [0.25, 0.3) is 0 Å². The van der Waals surface area contributed by atoms with E-state index in [4.69, 9.17) is 4.74 Å². The topological polar surface area (TPSA) is 76.6 Å². The van der Waals surface area contributed by atoms with Gasteiger partial charge in [-0.3, -0.25) is 0 Å². The molecule has 2 fully saturated rings. The molecule has 0 radical (unpaired) electrons. The Labute approximate surface area is 136 Å². The highest BCUT2D eigenvalue weighted by molar-refractivity contribution is 5.86.